The number of nitrogens with zero attached hydrogens (tertiary/aromatic N) is 2. The SMILES string of the molecule is CN=C(NCc1cc(Cl)ccc1OC)N1CC2C3CCC(O3)C2C1. The van der Waals surface area contributed by atoms with Crippen molar-refractivity contribution in [2.45, 2.75) is 31.6 Å². The smallest absolute Gasteiger partial charge is 0.193 e. The van der Waals surface area contributed by atoms with Gasteiger partial charge in [0, 0.05) is 49.1 Å². The summed E-state index contributed by atoms with van der Waals surface area (Å²) in [6, 6.07) is 5.68. The van der Waals surface area contributed by atoms with Gasteiger partial charge in [-0.3, -0.25) is 4.99 Å². The monoisotopic (exact) mass is 349 g/mol. The molecule has 2 bridgehead atoms. The van der Waals surface area contributed by atoms with Crippen LogP contribution in [0.5, 0.6) is 5.75 Å². The summed E-state index contributed by atoms with van der Waals surface area (Å²) in [5.41, 5.74) is 1.04. The molecule has 6 heteroatoms. The third-order valence-electron chi connectivity index (χ3n) is 5.64. The molecule has 24 heavy (non-hydrogen) atoms. The van der Waals surface area contributed by atoms with Gasteiger partial charge in [-0.2, -0.15) is 0 Å². The molecule has 4 unspecified atom stereocenters. The normalized spacial score (nSPS) is 31.5. The highest BCUT2D eigenvalue weighted by Gasteiger charge is 2.53. The standard InChI is InChI=1S/C18H24ClN3O2/c1-20-18(21-8-11-7-12(19)3-4-15(11)23-2)22-9-13-14(10-22)17-6-5-16(13)24-17/h3-4,7,13-14,16-17H,5-6,8-10H2,1-2H3,(H,20,21). The molecular weight excluding hydrogens is 326 g/mol. The summed E-state index contributed by atoms with van der Waals surface area (Å²) in [6.07, 6.45) is 3.39. The maximum absolute atomic E-state index is 6.12. The Kier molecular flexibility index (Phi) is 4.31. The van der Waals surface area contributed by atoms with Crippen molar-refractivity contribution in [1.29, 1.82) is 0 Å². The second kappa shape index (κ2) is 6.45. The van der Waals surface area contributed by atoms with Crippen LogP contribution in [0.15, 0.2) is 23.2 Å². The summed E-state index contributed by atoms with van der Waals surface area (Å²) in [7, 11) is 3.52. The van der Waals surface area contributed by atoms with E-state index >= 15 is 0 Å². The molecule has 3 fully saturated rings. The van der Waals surface area contributed by atoms with Crippen molar-refractivity contribution >= 4 is 17.6 Å². The molecule has 0 saturated carbocycles. The number of likely N-dealkylation sites (tertiary alicyclic amines) is 1. The Bertz CT molecular complexity index is 633. The van der Waals surface area contributed by atoms with Crippen LogP contribution < -0.4 is 10.1 Å². The lowest BCUT2D eigenvalue weighted by molar-refractivity contribution is 0.0767. The Labute approximate surface area is 148 Å². The molecule has 5 nitrogen and oxygen atoms in total. The number of methoxy groups -OCH3 is 1. The first-order chi connectivity index (χ1) is 11.7. The van der Waals surface area contributed by atoms with Gasteiger partial charge in [0.2, 0.25) is 0 Å². The zero-order valence-electron chi connectivity index (χ0n) is 14.2. The number of fused-ring (bicyclic) bond motifs is 5. The third-order valence-corrected chi connectivity index (χ3v) is 5.88. The Hall–Kier alpha value is -1.46. The minimum absolute atomic E-state index is 0.469. The van der Waals surface area contributed by atoms with Crippen LogP contribution in [0.2, 0.25) is 5.02 Å². The van der Waals surface area contributed by atoms with E-state index in [0.29, 0.717) is 35.6 Å². The number of ether oxygens (including phenoxy) is 2. The van der Waals surface area contributed by atoms with Gasteiger partial charge >= 0.3 is 0 Å². The van der Waals surface area contributed by atoms with Crippen LogP contribution in [0.1, 0.15) is 18.4 Å². The maximum Gasteiger partial charge on any atom is 0.193 e. The molecule has 3 saturated heterocycles. The molecule has 0 spiro atoms. The molecular formula is C18H24ClN3O2. The lowest BCUT2D eigenvalue weighted by Crippen LogP contribution is -2.41. The van der Waals surface area contributed by atoms with Crippen molar-refractivity contribution < 1.29 is 9.47 Å². The number of benzene rings is 1. The molecule has 0 aliphatic carbocycles. The molecule has 1 aromatic rings. The van der Waals surface area contributed by atoms with Crippen molar-refractivity contribution in [3.8, 4) is 5.75 Å². The molecule has 3 aliphatic heterocycles. The van der Waals surface area contributed by atoms with E-state index in [2.05, 4.69) is 15.2 Å². The maximum atomic E-state index is 6.12. The second-order valence-corrected chi connectivity index (χ2v) is 7.32. The van der Waals surface area contributed by atoms with Crippen LogP contribution in [0.3, 0.4) is 0 Å². The zero-order chi connectivity index (χ0) is 16.7. The number of rotatable bonds is 3. The van der Waals surface area contributed by atoms with Gasteiger partial charge in [-0.15, -0.1) is 0 Å². The summed E-state index contributed by atoms with van der Waals surface area (Å²) in [5, 5.41) is 4.18. The van der Waals surface area contributed by atoms with Gasteiger partial charge in [-0.05, 0) is 31.0 Å². The highest BCUT2D eigenvalue weighted by molar-refractivity contribution is 6.30. The quantitative estimate of drug-likeness (QED) is 0.673. The largest absolute Gasteiger partial charge is 0.496 e. The first-order valence-electron chi connectivity index (χ1n) is 8.63. The molecule has 3 heterocycles. The van der Waals surface area contributed by atoms with Crippen LogP contribution in [0, 0.1) is 11.8 Å². The van der Waals surface area contributed by atoms with Gasteiger partial charge in [0.25, 0.3) is 0 Å². The van der Waals surface area contributed by atoms with Crippen molar-refractivity contribution in [3.63, 3.8) is 0 Å². The molecule has 0 aromatic heterocycles. The van der Waals surface area contributed by atoms with Gasteiger partial charge < -0.3 is 19.7 Å². The van der Waals surface area contributed by atoms with Crippen LogP contribution in [-0.4, -0.2) is 50.3 Å². The lowest BCUT2D eigenvalue weighted by atomic mass is 9.82. The van der Waals surface area contributed by atoms with Crippen molar-refractivity contribution in [1.82, 2.24) is 10.2 Å². The van der Waals surface area contributed by atoms with Gasteiger partial charge in [0.1, 0.15) is 5.75 Å². The van der Waals surface area contributed by atoms with E-state index in [-0.39, 0.29) is 0 Å². The molecule has 0 radical (unpaired) electrons. The Morgan fingerprint density at radius 2 is 2.04 bits per heavy atom. The van der Waals surface area contributed by atoms with Crippen LogP contribution in [0.4, 0.5) is 0 Å². The Morgan fingerprint density at radius 1 is 1.33 bits per heavy atom. The molecule has 4 rings (SSSR count). The predicted molar refractivity (Wildman–Crippen MR) is 94.7 cm³/mol. The fraction of sp³-hybridized carbons (Fsp3) is 0.611. The van der Waals surface area contributed by atoms with E-state index in [1.165, 1.54) is 12.8 Å². The predicted octanol–water partition coefficient (Wildman–Crippen LogP) is 2.53. The number of aliphatic imine (C=N–C) groups is 1. The fourth-order valence-corrected chi connectivity index (χ4v) is 4.72. The number of hydrogen-bond donors (Lipinski definition) is 1. The minimum atomic E-state index is 0.469. The van der Waals surface area contributed by atoms with E-state index in [0.717, 1.165) is 30.4 Å². The Balaban J connectivity index is 1.42. The first-order valence-corrected chi connectivity index (χ1v) is 9.01. The van der Waals surface area contributed by atoms with Crippen molar-refractivity contribution in [2.75, 3.05) is 27.2 Å². The van der Waals surface area contributed by atoms with Gasteiger partial charge in [-0.25, -0.2) is 0 Å². The first kappa shape index (κ1) is 16.0. The molecule has 4 atom stereocenters. The van der Waals surface area contributed by atoms with E-state index in [4.69, 9.17) is 21.1 Å². The van der Waals surface area contributed by atoms with Crippen LogP contribution >= 0.6 is 11.6 Å². The Morgan fingerprint density at radius 3 is 2.67 bits per heavy atom. The van der Waals surface area contributed by atoms with Crippen LogP contribution in [0.25, 0.3) is 0 Å². The van der Waals surface area contributed by atoms with E-state index in [1.54, 1.807) is 7.11 Å². The van der Waals surface area contributed by atoms with E-state index in [1.807, 2.05) is 25.2 Å². The number of halogens is 1. The summed E-state index contributed by atoms with van der Waals surface area (Å²) in [5.74, 6) is 3.13. The minimum Gasteiger partial charge on any atom is -0.496 e. The topological polar surface area (TPSA) is 46.1 Å². The van der Waals surface area contributed by atoms with E-state index in [9.17, 15) is 0 Å². The summed E-state index contributed by atoms with van der Waals surface area (Å²) < 4.78 is 11.5. The number of hydrogen-bond acceptors (Lipinski definition) is 3. The van der Waals surface area contributed by atoms with Crippen LogP contribution in [-0.2, 0) is 11.3 Å². The average molecular weight is 350 g/mol. The number of nitrogens with one attached hydrogen (secondary N) is 1. The van der Waals surface area contributed by atoms with Gasteiger partial charge in [0.15, 0.2) is 5.96 Å². The summed E-state index contributed by atoms with van der Waals surface area (Å²) >= 11 is 6.12. The molecule has 1 N–H and O–H groups in total. The highest BCUT2D eigenvalue weighted by Crippen LogP contribution is 2.47. The van der Waals surface area contributed by atoms with Crippen molar-refractivity contribution in [3.05, 3.63) is 28.8 Å². The second-order valence-electron chi connectivity index (χ2n) is 6.88. The zero-order valence-corrected chi connectivity index (χ0v) is 14.9. The molecule has 1 aromatic carbocycles. The van der Waals surface area contributed by atoms with E-state index < -0.39 is 0 Å². The van der Waals surface area contributed by atoms with Gasteiger partial charge in [0.05, 0.1) is 19.3 Å². The molecule has 130 valence electrons. The third kappa shape index (κ3) is 2.74. The highest BCUT2D eigenvalue weighted by atomic mass is 35.5. The molecule has 0 amide bonds. The number of guanidine groups is 1. The lowest BCUT2D eigenvalue weighted by Gasteiger charge is -2.23. The average Bonchev–Trinajstić information content (AvgIpc) is 3.28. The van der Waals surface area contributed by atoms with Crippen molar-refractivity contribution in [2.24, 2.45) is 16.8 Å². The summed E-state index contributed by atoms with van der Waals surface area (Å²) in [6.45, 7) is 2.72. The van der Waals surface area contributed by atoms with Gasteiger partial charge in [-0.1, -0.05) is 11.6 Å². The summed E-state index contributed by atoms with van der Waals surface area (Å²) in [4.78, 5) is 6.85. The molecule has 3 aliphatic rings. The fourth-order valence-electron chi connectivity index (χ4n) is 4.52.